The number of aryl methyl sites for hydroxylation is 1. The van der Waals surface area contributed by atoms with Gasteiger partial charge in [-0.05, 0) is 54.1 Å². The zero-order valence-corrected chi connectivity index (χ0v) is 14.9. The second kappa shape index (κ2) is 6.87. The van der Waals surface area contributed by atoms with Gasteiger partial charge < -0.3 is 14.3 Å². The number of hydrogen-bond acceptors (Lipinski definition) is 5. The van der Waals surface area contributed by atoms with Crippen LogP contribution in [-0.2, 0) is 0 Å². The number of nitrogens with one attached hydrogen (secondary N) is 1. The monoisotopic (exact) mass is 359 g/mol. The van der Waals surface area contributed by atoms with Crippen LogP contribution in [0.2, 0.25) is 0 Å². The van der Waals surface area contributed by atoms with Gasteiger partial charge in [0.05, 0.1) is 35.9 Å². The van der Waals surface area contributed by atoms with Crippen LogP contribution in [-0.4, -0.2) is 26.6 Å². The highest BCUT2D eigenvalue weighted by atomic mass is 16.5. The Labute approximate surface area is 155 Å². The number of imidazole rings is 2. The maximum atomic E-state index is 10.6. The van der Waals surface area contributed by atoms with Gasteiger partial charge in [0.15, 0.2) is 0 Å². The maximum Gasteiger partial charge on any atom is 0.143 e. The molecular weight excluding hydrogens is 342 g/mol. The van der Waals surface area contributed by atoms with Crippen LogP contribution in [0.15, 0.2) is 54.1 Å². The average Bonchev–Trinajstić information content (AvgIpc) is 3.31. The second-order valence-electron chi connectivity index (χ2n) is 6.10. The average molecular weight is 359 g/mol. The van der Waals surface area contributed by atoms with Gasteiger partial charge in [0.1, 0.15) is 17.3 Å². The molecule has 0 aliphatic carbocycles. The molecule has 2 heterocycles. The molecule has 0 saturated carbocycles. The summed E-state index contributed by atoms with van der Waals surface area (Å²) in [6.45, 7) is 1.95. The summed E-state index contributed by atoms with van der Waals surface area (Å²) in [7, 11) is 1.65. The Morgan fingerprint density at radius 1 is 1.19 bits per heavy atom. The minimum absolute atomic E-state index is 0.372. The minimum Gasteiger partial charge on any atom is -0.495 e. The van der Waals surface area contributed by atoms with Crippen LogP contribution in [0.25, 0.3) is 28.9 Å². The Hall–Kier alpha value is -3.74. The first-order chi connectivity index (χ1) is 13.2. The second-order valence-corrected chi connectivity index (χ2v) is 6.10. The van der Waals surface area contributed by atoms with Crippen LogP contribution in [0, 0.1) is 11.8 Å². The van der Waals surface area contributed by atoms with E-state index in [4.69, 9.17) is 4.74 Å². The third-order valence-electron chi connectivity index (χ3n) is 4.22. The highest BCUT2D eigenvalue weighted by Crippen LogP contribution is 2.26. The number of nitrogens with zero attached hydrogens (tertiary/aromatic N) is 4. The molecular formula is C20H17N5O2. The summed E-state index contributed by atoms with van der Waals surface area (Å²) in [6.07, 6.45) is 7.54. The molecule has 0 aliphatic rings. The van der Waals surface area contributed by atoms with Gasteiger partial charge in [0.25, 0.3) is 0 Å². The molecule has 7 heteroatoms. The first-order valence-electron chi connectivity index (χ1n) is 8.36. The quantitative estimate of drug-likeness (QED) is 0.526. The molecule has 1 N–H and O–H groups in total. The number of ether oxygens (including phenoxy) is 1. The van der Waals surface area contributed by atoms with Crippen molar-refractivity contribution in [1.82, 2.24) is 19.5 Å². The highest BCUT2D eigenvalue weighted by Gasteiger charge is 2.07. The van der Waals surface area contributed by atoms with E-state index in [9.17, 15) is 4.91 Å². The number of H-pyrrole nitrogens is 1. The summed E-state index contributed by atoms with van der Waals surface area (Å²) in [5, 5.41) is 2.94. The standard InChI is InChI=1S/C20H17N5O2/c1-13-11-25(12-21-13)18-7-3-14(9-19(18)27-2)4-8-20-22-16-6-5-15(24-26)10-17(16)23-20/h3-12H,1-2H3,(H,22,23)/b8-4+. The van der Waals surface area contributed by atoms with E-state index in [1.807, 2.05) is 48.0 Å². The summed E-state index contributed by atoms with van der Waals surface area (Å²) in [5.74, 6) is 1.45. The third-order valence-corrected chi connectivity index (χ3v) is 4.22. The number of aromatic amines is 1. The van der Waals surface area contributed by atoms with Crippen molar-refractivity contribution in [2.24, 2.45) is 5.18 Å². The van der Waals surface area contributed by atoms with Crippen LogP contribution in [0.5, 0.6) is 5.75 Å². The van der Waals surface area contributed by atoms with E-state index in [0.717, 1.165) is 33.7 Å². The molecule has 0 atom stereocenters. The molecule has 0 unspecified atom stereocenters. The zero-order chi connectivity index (χ0) is 18.8. The zero-order valence-electron chi connectivity index (χ0n) is 14.9. The molecule has 4 aromatic rings. The molecule has 134 valence electrons. The summed E-state index contributed by atoms with van der Waals surface area (Å²) >= 11 is 0. The van der Waals surface area contributed by atoms with Crippen molar-refractivity contribution < 1.29 is 4.74 Å². The predicted octanol–water partition coefficient (Wildman–Crippen LogP) is 4.63. The molecule has 0 bridgehead atoms. The van der Waals surface area contributed by atoms with Gasteiger partial charge in [0, 0.05) is 6.20 Å². The van der Waals surface area contributed by atoms with Crippen molar-refractivity contribution >= 4 is 28.9 Å². The van der Waals surface area contributed by atoms with Crippen molar-refractivity contribution in [3.8, 4) is 11.4 Å². The number of methoxy groups -OCH3 is 1. The van der Waals surface area contributed by atoms with Crippen molar-refractivity contribution in [3.05, 3.63) is 70.9 Å². The number of benzene rings is 2. The molecule has 0 fully saturated rings. The number of rotatable bonds is 5. The lowest BCUT2D eigenvalue weighted by Crippen LogP contribution is -1.95. The van der Waals surface area contributed by atoms with Gasteiger partial charge in [-0.15, -0.1) is 4.91 Å². The summed E-state index contributed by atoms with van der Waals surface area (Å²) in [5.41, 5.74) is 4.77. The van der Waals surface area contributed by atoms with Gasteiger partial charge in [-0.2, -0.15) is 0 Å². The lowest BCUT2D eigenvalue weighted by molar-refractivity contribution is 0.413. The molecule has 7 nitrogen and oxygen atoms in total. The van der Waals surface area contributed by atoms with E-state index in [1.165, 1.54) is 0 Å². The predicted molar refractivity (Wildman–Crippen MR) is 105 cm³/mol. The fraction of sp³-hybridized carbons (Fsp3) is 0.100. The van der Waals surface area contributed by atoms with Crippen molar-refractivity contribution in [3.63, 3.8) is 0 Å². The molecule has 0 aliphatic heterocycles. The van der Waals surface area contributed by atoms with Crippen molar-refractivity contribution in [1.29, 1.82) is 0 Å². The van der Waals surface area contributed by atoms with Crippen LogP contribution in [0.4, 0.5) is 5.69 Å². The first-order valence-corrected chi connectivity index (χ1v) is 8.36. The van der Waals surface area contributed by atoms with Gasteiger partial charge in [-0.3, -0.25) is 0 Å². The van der Waals surface area contributed by atoms with Gasteiger partial charge in [-0.1, -0.05) is 12.1 Å². The molecule has 2 aromatic heterocycles. The van der Waals surface area contributed by atoms with E-state index in [2.05, 4.69) is 20.1 Å². The Morgan fingerprint density at radius 3 is 2.81 bits per heavy atom. The topological polar surface area (TPSA) is 85.2 Å². The maximum absolute atomic E-state index is 10.6. The van der Waals surface area contributed by atoms with E-state index < -0.39 is 0 Å². The Balaban J connectivity index is 1.63. The Kier molecular flexibility index (Phi) is 4.25. The van der Waals surface area contributed by atoms with E-state index in [0.29, 0.717) is 11.5 Å². The van der Waals surface area contributed by atoms with Crippen LogP contribution in [0.3, 0.4) is 0 Å². The van der Waals surface area contributed by atoms with E-state index >= 15 is 0 Å². The summed E-state index contributed by atoms with van der Waals surface area (Å²) in [6, 6.07) is 11.0. The molecule has 0 saturated heterocycles. The largest absolute Gasteiger partial charge is 0.495 e. The van der Waals surface area contributed by atoms with Crippen LogP contribution < -0.4 is 4.74 Å². The number of nitroso groups, excluding NO2 is 1. The van der Waals surface area contributed by atoms with Gasteiger partial charge in [0.2, 0.25) is 0 Å². The lowest BCUT2D eigenvalue weighted by atomic mass is 10.1. The molecule has 0 amide bonds. The van der Waals surface area contributed by atoms with Gasteiger partial charge in [-0.25, -0.2) is 9.97 Å². The smallest absolute Gasteiger partial charge is 0.143 e. The number of aromatic nitrogens is 4. The van der Waals surface area contributed by atoms with Gasteiger partial charge >= 0.3 is 0 Å². The Morgan fingerprint density at radius 2 is 2.07 bits per heavy atom. The fourth-order valence-corrected chi connectivity index (χ4v) is 2.89. The van der Waals surface area contributed by atoms with Crippen LogP contribution in [0.1, 0.15) is 17.1 Å². The minimum atomic E-state index is 0.372. The molecule has 0 radical (unpaired) electrons. The van der Waals surface area contributed by atoms with Crippen LogP contribution >= 0.6 is 0 Å². The van der Waals surface area contributed by atoms with E-state index in [-0.39, 0.29) is 0 Å². The van der Waals surface area contributed by atoms with Crippen molar-refractivity contribution in [2.75, 3.05) is 7.11 Å². The molecule has 2 aromatic carbocycles. The number of fused-ring (bicyclic) bond motifs is 1. The Bertz CT molecular complexity index is 1160. The fourth-order valence-electron chi connectivity index (χ4n) is 2.89. The first kappa shape index (κ1) is 16.7. The SMILES string of the molecule is COc1cc(/C=C/c2nc3ccc(N=O)cc3[nH]2)ccc1-n1cnc(C)c1. The molecule has 0 spiro atoms. The lowest BCUT2D eigenvalue weighted by Gasteiger charge is -2.09. The van der Waals surface area contributed by atoms with Crippen molar-refractivity contribution in [2.45, 2.75) is 6.92 Å². The summed E-state index contributed by atoms with van der Waals surface area (Å²) < 4.78 is 7.46. The number of hydrogen-bond donors (Lipinski definition) is 1. The summed E-state index contributed by atoms with van der Waals surface area (Å²) in [4.78, 5) is 22.6. The highest BCUT2D eigenvalue weighted by molar-refractivity contribution is 5.81. The van der Waals surface area contributed by atoms with E-state index in [1.54, 1.807) is 31.6 Å². The molecule has 4 rings (SSSR count). The molecule has 27 heavy (non-hydrogen) atoms. The third kappa shape index (κ3) is 3.35. The normalized spacial score (nSPS) is 11.3.